The van der Waals surface area contributed by atoms with Crippen LogP contribution in [0.25, 0.3) is 28.2 Å². The highest BCUT2D eigenvalue weighted by molar-refractivity contribution is 5.93. The molecule has 28 heavy (non-hydrogen) atoms. The van der Waals surface area contributed by atoms with E-state index >= 15 is 0 Å². The van der Waals surface area contributed by atoms with Gasteiger partial charge in [-0.3, -0.25) is 4.79 Å². The SMILES string of the molecule is COc1cc2c(=O)c(-c3ccc4c(c3)OCO4)coc2c2c1OC(C)(C)C=C2. The van der Waals surface area contributed by atoms with Crippen LogP contribution in [-0.2, 0) is 0 Å². The lowest BCUT2D eigenvalue weighted by atomic mass is 9.98. The molecule has 6 heteroatoms. The fraction of sp³-hybridized carbons (Fsp3) is 0.227. The van der Waals surface area contributed by atoms with Gasteiger partial charge in [0.05, 0.1) is 23.6 Å². The molecule has 3 heterocycles. The van der Waals surface area contributed by atoms with Gasteiger partial charge in [0.2, 0.25) is 12.2 Å². The van der Waals surface area contributed by atoms with Crippen LogP contribution in [0.5, 0.6) is 23.0 Å². The van der Waals surface area contributed by atoms with Crippen LogP contribution in [0, 0.1) is 0 Å². The number of hydrogen-bond donors (Lipinski definition) is 0. The summed E-state index contributed by atoms with van der Waals surface area (Å²) in [6.07, 6.45) is 5.31. The lowest BCUT2D eigenvalue weighted by molar-refractivity contribution is 0.152. The smallest absolute Gasteiger partial charge is 0.231 e. The van der Waals surface area contributed by atoms with Gasteiger partial charge in [-0.25, -0.2) is 0 Å². The van der Waals surface area contributed by atoms with Crippen LogP contribution in [0.3, 0.4) is 0 Å². The molecule has 0 saturated heterocycles. The predicted octanol–water partition coefficient (Wildman–Crippen LogP) is 4.38. The Morgan fingerprint density at radius 2 is 1.93 bits per heavy atom. The first-order chi connectivity index (χ1) is 13.5. The van der Waals surface area contributed by atoms with Crippen LogP contribution >= 0.6 is 0 Å². The van der Waals surface area contributed by atoms with Crippen molar-refractivity contribution >= 4 is 17.0 Å². The van der Waals surface area contributed by atoms with Gasteiger partial charge in [-0.2, -0.15) is 0 Å². The van der Waals surface area contributed by atoms with Gasteiger partial charge in [0.15, 0.2) is 23.0 Å². The van der Waals surface area contributed by atoms with E-state index < -0.39 is 5.60 Å². The summed E-state index contributed by atoms with van der Waals surface area (Å²) >= 11 is 0. The first-order valence-electron chi connectivity index (χ1n) is 8.91. The standard InChI is InChI=1S/C22H18O6/c1-22(2)7-6-13-20-14(9-18(24-3)21(13)28-22)19(23)15(10-25-20)12-4-5-16-17(8-12)27-11-26-16/h4-10H,11H2,1-3H3. The first kappa shape index (κ1) is 16.7. The van der Waals surface area contributed by atoms with Crippen molar-refractivity contribution in [1.82, 2.24) is 0 Å². The largest absolute Gasteiger partial charge is 0.493 e. The molecular weight excluding hydrogens is 360 g/mol. The van der Waals surface area contributed by atoms with Crippen molar-refractivity contribution < 1.29 is 23.4 Å². The maximum atomic E-state index is 13.3. The summed E-state index contributed by atoms with van der Waals surface area (Å²) < 4.78 is 28.2. The Balaban J connectivity index is 1.74. The van der Waals surface area contributed by atoms with E-state index in [1.54, 1.807) is 25.3 Å². The van der Waals surface area contributed by atoms with Gasteiger partial charge in [-0.05, 0) is 49.8 Å². The van der Waals surface area contributed by atoms with Crippen molar-refractivity contribution in [2.45, 2.75) is 19.4 Å². The highest BCUT2D eigenvalue weighted by atomic mass is 16.7. The topological polar surface area (TPSA) is 67.1 Å². The van der Waals surface area contributed by atoms with E-state index in [4.69, 9.17) is 23.4 Å². The second-order valence-corrected chi connectivity index (χ2v) is 7.28. The molecule has 2 aromatic carbocycles. The van der Waals surface area contributed by atoms with Gasteiger partial charge in [-0.1, -0.05) is 6.07 Å². The second-order valence-electron chi connectivity index (χ2n) is 7.28. The van der Waals surface area contributed by atoms with Crippen LogP contribution in [-0.4, -0.2) is 19.5 Å². The third-order valence-electron chi connectivity index (χ3n) is 4.94. The Morgan fingerprint density at radius 1 is 1.11 bits per heavy atom. The third-order valence-corrected chi connectivity index (χ3v) is 4.94. The van der Waals surface area contributed by atoms with Crippen molar-refractivity contribution in [3.05, 3.63) is 52.4 Å². The lowest BCUT2D eigenvalue weighted by Crippen LogP contribution is -2.28. The van der Waals surface area contributed by atoms with Crippen LogP contribution in [0.1, 0.15) is 19.4 Å². The van der Waals surface area contributed by atoms with E-state index in [2.05, 4.69) is 0 Å². The maximum absolute atomic E-state index is 13.3. The zero-order valence-corrected chi connectivity index (χ0v) is 15.7. The molecule has 0 radical (unpaired) electrons. The van der Waals surface area contributed by atoms with E-state index in [-0.39, 0.29) is 12.2 Å². The molecule has 142 valence electrons. The molecule has 6 nitrogen and oxygen atoms in total. The monoisotopic (exact) mass is 378 g/mol. The molecule has 0 bridgehead atoms. The van der Waals surface area contributed by atoms with Crippen molar-refractivity contribution in [2.75, 3.05) is 13.9 Å². The van der Waals surface area contributed by atoms with E-state index in [0.717, 1.165) is 0 Å². The average Bonchev–Trinajstić information content (AvgIpc) is 3.14. The summed E-state index contributed by atoms with van der Waals surface area (Å²) in [6, 6.07) is 7.05. The molecule has 0 amide bonds. The molecule has 3 aromatic rings. The molecule has 0 atom stereocenters. The normalized spacial score (nSPS) is 16.0. The molecule has 0 N–H and O–H groups in total. The fourth-order valence-corrected chi connectivity index (χ4v) is 3.51. The summed E-state index contributed by atoms with van der Waals surface area (Å²) in [5.74, 6) is 2.34. The Bertz CT molecular complexity index is 1200. The van der Waals surface area contributed by atoms with Gasteiger partial charge >= 0.3 is 0 Å². The van der Waals surface area contributed by atoms with Crippen molar-refractivity contribution in [3.63, 3.8) is 0 Å². The number of hydrogen-bond acceptors (Lipinski definition) is 6. The number of ether oxygens (including phenoxy) is 4. The molecule has 2 aliphatic heterocycles. The molecule has 0 spiro atoms. The Morgan fingerprint density at radius 3 is 2.75 bits per heavy atom. The highest BCUT2D eigenvalue weighted by Gasteiger charge is 2.28. The van der Waals surface area contributed by atoms with E-state index in [1.165, 1.54) is 6.26 Å². The molecule has 2 aliphatic rings. The summed E-state index contributed by atoms with van der Waals surface area (Å²) in [4.78, 5) is 13.3. The molecule has 0 aliphatic carbocycles. The molecule has 0 unspecified atom stereocenters. The molecule has 1 aromatic heterocycles. The van der Waals surface area contributed by atoms with E-state index in [9.17, 15) is 4.79 Å². The van der Waals surface area contributed by atoms with Gasteiger partial charge in [-0.15, -0.1) is 0 Å². The predicted molar refractivity (Wildman–Crippen MR) is 104 cm³/mol. The Hall–Kier alpha value is -3.41. The quantitative estimate of drug-likeness (QED) is 0.659. The molecule has 0 saturated carbocycles. The first-order valence-corrected chi connectivity index (χ1v) is 8.91. The van der Waals surface area contributed by atoms with Gasteiger partial charge in [0, 0.05) is 0 Å². The zero-order valence-electron chi connectivity index (χ0n) is 15.7. The number of benzene rings is 2. The van der Waals surface area contributed by atoms with Gasteiger partial charge in [0.1, 0.15) is 17.4 Å². The lowest BCUT2D eigenvalue weighted by Gasteiger charge is -2.29. The summed E-state index contributed by atoms with van der Waals surface area (Å²) in [6.45, 7) is 4.08. The highest BCUT2D eigenvalue weighted by Crippen LogP contribution is 2.43. The number of fused-ring (bicyclic) bond motifs is 4. The van der Waals surface area contributed by atoms with Crippen LogP contribution in [0.4, 0.5) is 0 Å². The summed E-state index contributed by atoms with van der Waals surface area (Å²) in [5.41, 5.74) is 1.68. The molecular formula is C22H18O6. The number of rotatable bonds is 2. The minimum Gasteiger partial charge on any atom is -0.493 e. The van der Waals surface area contributed by atoms with Crippen molar-refractivity contribution in [3.8, 4) is 34.1 Å². The third kappa shape index (κ3) is 2.45. The minimum atomic E-state index is -0.472. The average molecular weight is 378 g/mol. The minimum absolute atomic E-state index is 0.153. The zero-order chi connectivity index (χ0) is 19.5. The molecule has 5 rings (SSSR count). The van der Waals surface area contributed by atoms with Gasteiger partial charge < -0.3 is 23.4 Å². The summed E-state index contributed by atoms with van der Waals surface area (Å²) in [7, 11) is 1.55. The van der Waals surface area contributed by atoms with Crippen LogP contribution in [0.15, 0.2) is 45.8 Å². The number of methoxy groups -OCH3 is 1. The van der Waals surface area contributed by atoms with Crippen LogP contribution < -0.4 is 24.4 Å². The summed E-state index contributed by atoms with van der Waals surface area (Å²) in [5, 5.41) is 0.429. The second kappa shape index (κ2) is 5.79. The van der Waals surface area contributed by atoms with E-state index in [0.29, 0.717) is 50.7 Å². The Labute approximate surface area is 160 Å². The van der Waals surface area contributed by atoms with Crippen molar-refractivity contribution in [2.24, 2.45) is 0 Å². The Kier molecular flexibility index (Phi) is 3.46. The fourth-order valence-electron chi connectivity index (χ4n) is 3.51. The van der Waals surface area contributed by atoms with Crippen LogP contribution in [0.2, 0.25) is 0 Å². The van der Waals surface area contributed by atoms with Crippen molar-refractivity contribution in [1.29, 1.82) is 0 Å². The van der Waals surface area contributed by atoms with E-state index in [1.807, 2.05) is 32.1 Å². The maximum Gasteiger partial charge on any atom is 0.231 e. The molecule has 0 fully saturated rings. The van der Waals surface area contributed by atoms with Gasteiger partial charge in [0.25, 0.3) is 0 Å².